The highest BCUT2D eigenvalue weighted by atomic mass is 16.3. The summed E-state index contributed by atoms with van der Waals surface area (Å²) < 4.78 is 0. The second-order valence-corrected chi connectivity index (χ2v) is 10.4. The highest BCUT2D eigenvalue weighted by molar-refractivity contribution is 6.15. The number of hydrogen-bond acceptors (Lipinski definition) is 8. The Morgan fingerprint density at radius 3 is 2.51 bits per heavy atom. The first-order valence-electron chi connectivity index (χ1n) is 11.9. The molecule has 7 atom stereocenters. The first-order valence-corrected chi connectivity index (χ1v) is 11.9. The van der Waals surface area contributed by atoms with E-state index in [1.807, 2.05) is 6.07 Å². The van der Waals surface area contributed by atoms with Crippen LogP contribution in [0.4, 0.5) is 0 Å². The normalized spacial score (nSPS) is 36.3. The van der Waals surface area contributed by atoms with Gasteiger partial charge in [0.25, 0.3) is 0 Å². The van der Waals surface area contributed by atoms with Crippen LogP contribution in [0, 0.1) is 17.8 Å². The summed E-state index contributed by atoms with van der Waals surface area (Å²) in [6.45, 7) is 0. The smallest absolute Gasteiger partial charge is 0.230 e. The van der Waals surface area contributed by atoms with Crippen molar-refractivity contribution >= 4 is 17.5 Å². The van der Waals surface area contributed by atoms with Gasteiger partial charge in [0.2, 0.25) is 5.91 Å². The number of phenols is 1. The quantitative estimate of drug-likeness (QED) is 0.311. The average Bonchev–Trinajstić information content (AvgIpc) is 3.30. The van der Waals surface area contributed by atoms with Crippen molar-refractivity contribution in [3.8, 4) is 5.75 Å². The third-order valence-electron chi connectivity index (χ3n) is 8.43. The van der Waals surface area contributed by atoms with E-state index in [0.29, 0.717) is 12.0 Å². The number of benzene rings is 1. The topological polar surface area (TPSA) is 161 Å². The molecule has 0 spiro atoms. The minimum Gasteiger partial charge on any atom is -0.508 e. The fraction of sp³-hybridized carbons (Fsp3) is 0.500. The third kappa shape index (κ3) is 3.15. The van der Waals surface area contributed by atoms with Gasteiger partial charge >= 0.3 is 0 Å². The first-order chi connectivity index (χ1) is 16.5. The molecule has 1 aromatic rings. The first kappa shape index (κ1) is 23.7. The van der Waals surface area contributed by atoms with Gasteiger partial charge in [0.1, 0.15) is 17.4 Å². The van der Waals surface area contributed by atoms with Crippen molar-refractivity contribution in [3.05, 3.63) is 52.3 Å². The van der Waals surface area contributed by atoms with Crippen molar-refractivity contribution in [1.82, 2.24) is 4.90 Å². The van der Waals surface area contributed by atoms with Crippen LogP contribution in [0.15, 0.2) is 35.6 Å². The summed E-state index contributed by atoms with van der Waals surface area (Å²) in [5.74, 6) is -7.07. The van der Waals surface area contributed by atoms with E-state index in [4.69, 9.17) is 5.73 Å². The number of carbonyl (C=O) groups is 3. The van der Waals surface area contributed by atoms with Crippen LogP contribution in [0.1, 0.15) is 46.7 Å². The zero-order chi connectivity index (χ0) is 25.4. The summed E-state index contributed by atoms with van der Waals surface area (Å²) in [4.78, 5) is 40.7. The van der Waals surface area contributed by atoms with E-state index < -0.39 is 58.7 Å². The number of hydrogen-bond donors (Lipinski definition) is 5. The maximum Gasteiger partial charge on any atom is 0.230 e. The number of amides is 1. The molecule has 4 aliphatic carbocycles. The Bertz CT molecular complexity index is 1200. The molecule has 0 aliphatic heterocycles. The Kier molecular flexibility index (Phi) is 5.43. The number of aromatic hydroxyl groups is 1. The molecular formula is C26H30N2O7. The molecule has 0 heterocycles. The fourth-order valence-corrected chi connectivity index (χ4v) is 6.87. The van der Waals surface area contributed by atoms with Crippen LogP contribution < -0.4 is 5.73 Å². The summed E-state index contributed by atoms with van der Waals surface area (Å²) in [5.41, 5.74) is 4.43. The predicted molar refractivity (Wildman–Crippen MR) is 125 cm³/mol. The minimum absolute atomic E-state index is 0.0709. The molecule has 1 aromatic carbocycles. The van der Waals surface area contributed by atoms with Gasteiger partial charge in [0, 0.05) is 23.5 Å². The van der Waals surface area contributed by atoms with Crippen LogP contribution in [0.25, 0.3) is 0 Å². The summed E-state index contributed by atoms with van der Waals surface area (Å²) in [5, 5.41) is 44.5. The molecule has 0 aromatic heterocycles. The van der Waals surface area contributed by atoms with Gasteiger partial charge in [0.15, 0.2) is 17.2 Å². The summed E-state index contributed by atoms with van der Waals surface area (Å²) in [6.07, 6.45) is 4.94. The lowest BCUT2D eigenvalue weighted by atomic mass is 9.55. The number of rotatable bonds is 3. The number of likely N-dealkylation sites (N-methyl/N-ethyl adjacent to an activating group) is 1. The minimum atomic E-state index is -2.56. The second-order valence-electron chi connectivity index (χ2n) is 10.4. The van der Waals surface area contributed by atoms with Crippen LogP contribution in [0.3, 0.4) is 0 Å². The average molecular weight is 483 g/mol. The molecule has 9 nitrogen and oxygen atoms in total. The Labute approximate surface area is 202 Å². The molecule has 3 unspecified atom stereocenters. The van der Waals surface area contributed by atoms with E-state index in [1.54, 1.807) is 19.0 Å². The Morgan fingerprint density at radius 1 is 1.20 bits per heavy atom. The number of fused-ring (bicyclic) bond motifs is 3. The number of ketones is 2. The number of nitrogens with zero attached hydrogens (tertiary/aromatic N) is 1. The SMILES string of the molecule is CN(C)[C@@H]1C(O)C(C(N)=O)C(=O)[C@@]2(O)C(O)=C3C(=O)c4c(O)ccc(C5C=CCC5)c4C[C@H]3C[C@@H]12. The number of nitrogens with two attached hydrogens (primary N) is 1. The molecule has 186 valence electrons. The molecule has 5 rings (SSSR count). The van der Waals surface area contributed by atoms with Crippen LogP contribution in [0.5, 0.6) is 5.75 Å². The van der Waals surface area contributed by atoms with Gasteiger partial charge in [-0.3, -0.25) is 14.4 Å². The number of primary amides is 1. The van der Waals surface area contributed by atoms with Crippen molar-refractivity contribution in [3.63, 3.8) is 0 Å². The largest absolute Gasteiger partial charge is 0.508 e. The van der Waals surface area contributed by atoms with Crippen molar-refractivity contribution in [2.75, 3.05) is 14.1 Å². The summed E-state index contributed by atoms with van der Waals surface area (Å²) in [7, 11) is 3.28. The van der Waals surface area contributed by atoms with Gasteiger partial charge in [-0.25, -0.2) is 0 Å². The molecule has 1 fully saturated rings. The van der Waals surface area contributed by atoms with Crippen LogP contribution in [-0.2, 0) is 16.0 Å². The number of carbonyl (C=O) groups excluding carboxylic acids is 3. The van der Waals surface area contributed by atoms with Crippen molar-refractivity contribution in [2.45, 2.75) is 49.3 Å². The molecule has 0 saturated heterocycles. The van der Waals surface area contributed by atoms with Gasteiger partial charge in [-0.05, 0) is 62.9 Å². The number of allylic oxidation sites excluding steroid dienone is 3. The van der Waals surface area contributed by atoms with E-state index in [-0.39, 0.29) is 29.2 Å². The molecule has 4 aliphatic rings. The second kappa shape index (κ2) is 8.01. The molecule has 1 amide bonds. The van der Waals surface area contributed by atoms with E-state index >= 15 is 0 Å². The zero-order valence-corrected chi connectivity index (χ0v) is 19.6. The maximum atomic E-state index is 13.7. The summed E-state index contributed by atoms with van der Waals surface area (Å²) >= 11 is 0. The van der Waals surface area contributed by atoms with Gasteiger partial charge < -0.3 is 31.1 Å². The number of phenolic OH excluding ortho intramolecular Hbond substituents is 1. The number of aliphatic hydroxyl groups is 3. The van der Waals surface area contributed by atoms with E-state index in [2.05, 4.69) is 12.2 Å². The van der Waals surface area contributed by atoms with Gasteiger partial charge in [0.05, 0.1) is 11.7 Å². The lowest BCUT2D eigenvalue weighted by Gasteiger charge is -2.53. The van der Waals surface area contributed by atoms with Crippen LogP contribution >= 0.6 is 0 Å². The Balaban J connectivity index is 1.69. The number of Topliss-reactive ketones (excluding diaryl/α,β-unsaturated/α-hetero) is 2. The molecule has 1 saturated carbocycles. The van der Waals surface area contributed by atoms with E-state index in [1.165, 1.54) is 6.07 Å². The standard InChI is InChI=1S/C26H30N2O7/c1-28(2)20-15-10-12-9-14-13(11-5-3-4-6-11)7-8-16(29)18(14)21(30)17(12)23(32)26(15,35)24(33)19(22(20)31)25(27)34/h3,5,7-8,11-12,15,19-20,22,29,31-32,35H,4,6,9-10H2,1-2H3,(H2,27,34)/t11?,12-,15-,19?,20-,22?,26-/m0/s1. The van der Waals surface area contributed by atoms with Crippen LogP contribution in [-0.4, -0.2) is 74.6 Å². The highest BCUT2D eigenvalue weighted by Crippen LogP contribution is 2.53. The van der Waals surface area contributed by atoms with Gasteiger partial charge in [-0.1, -0.05) is 18.2 Å². The van der Waals surface area contributed by atoms with Crippen molar-refractivity contribution < 1.29 is 34.8 Å². The van der Waals surface area contributed by atoms with Crippen molar-refractivity contribution in [2.24, 2.45) is 23.5 Å². The monoisotopic (exact) mass is 482 g/mol. The lowest BCUT2D eigenvalue weighted by molar-refractivity contribution is -0.178. The highest BCUT2D eigenvalue weighted by Gasteiger charge is 2.66. The number of aliphatic hydroxyl groups excluding tert-OH is 2. The van der Waals surface area contributed by atoms with Crippen LogP contribution in [0.2, 0.25) is 0 Å². The Hall–Kier alpha value is -3.01. The van der Waals surface area contributed by atoms with Gasteiger partial charge in [-0.2, -0.15) is 0 Å². The maximum absolute atomic E-state index is 13.7. The molecule has 6 N–H and O–H groups in total. The zero-order valence-electron chi connectivity index (χ0n) is 19.6. The predicted octanol–water partition coefficient (Wildman–Crippen LogP) is 0.719. The molecule has 0 bridgehead atoms. The Morgan fingerprint density at radius 2 is 1.91 bits per heavy atom. The van der Waals surface area contributed by atoms with E-state index in [9.17, 15) is 34.8 Å². The van der Waals surface area contributed by atoms with Crippen molar-refractivity contribution in [1.29, 1.82) is 0 Å². The summed E-state index contributed by atoms with van der Waals surface area (Å²) in [6, 6.07) is 2.41. The molecular weight excluding hydrogens is 452 g/mol. The fourth-order valence-electron chi connectivity index (χ4n) is 6.87. The van der Waals surface area contributed by atoms with Gasteiger partial charge in [-0.15, -0.1) is 0 Å². The molecule has 35 heavy (non-hydrogen) atoms. The molecule has 9 heteroatoms. The molecule has 0 radical (unpaired) electrons. The lowest BCUT2D eigenvalue weighted by Crippen LogP contribution is -2.71. The van der Waals surface area contributed by atoms with E-state index in [0.717, 1.165) is 18.4 Å². The third-order valence-corrected chi connectivity index (χ3v) is 8.43.